The molecule has 2 nitrogen and oxygen atoms in total. The molecule has 0 atom stereocenters. The number of aromatic nitrogens is 1. The van der Waals surface area contributed by atoms with E-state index < -0.39 is 0 Å². The molecule has 2 heterocycles. The summed E-state index contributed by atoms with van der Waals surface area (Å²) in [6, 6.07) is 8.13. The maximum absolute atomic E-state index is 4.80. The van der Waals surface area contributed by atoms with Gasteiger partial charge in [0.15, 0.2) is 0 Å². The molecular formula is C12H11NOS. The van der Waals surface area contributed by atoms with Crippen LogP contribution < -0.4 is 0 Å². The summed E-state index contributed by atoms with van der Waals surface area (Å²) >= 11 is 1.68. The number of para-hydroxylation sites is 1. The van der Waals surface area contributed by atoms with E-state index in [1.807, 2.05) is 41.9 Å². The van der Waals surface area contributed by atoms with E-state index in [-0.39, 0.29) is 0 Å². The van der Waals surface area contributed by atoms with Crippen molar-refractivity contribution in [2.45, 2.75) is 0 Å². The lowest BCUT2D eigenvalue weighted by atomic mass is 10.3. The highest BCUT2D eigenvalue weighted by Crippen LogP contribution is 2.15. The first-order valence-electron chi connectivity index (χ1n) is 4.68. The van der Waals surface area contributed by atoms with Crippen molar-refractivity contribution in [1.82, 2.24) is 4.98 Å². The van der Waals surface area contributed by atoms with Gasteiger partial charge in [0.05, 0.1) is 22.0 Å². The number of thiazole rings is 1. The van der Waals surface area contributed by atoms with Gasteiger partial charge in [-0.15, -0.1) is 11.3 Å². The standard InChI is InChI=1S/C7H5NS.C5H6O/c1-2-4-7-6(3-1)8-5-9-7;1-2-4-6-5-3-1/h1-5H;1-4H,5H2. The van der Waals surface area contributed by atoms with Crippen LogP contribution in [0.2, 0.25) is 0 Å². The monoisotopic (exact) mass is 217 g/mol. The molecule has 0 radical (unpaired) electrons. The van der Waals surface area contributed by atoms with Crippen LogP contribution in [-0.4, -0.2) is 11.6 Å². The van der Waals surface area contributed by atoms with Crippen LogP contribution in [0.1, 0.15) is 0 Å². The van der Waals surface area contributed by atoms with Crippen molar-refractivity contribution in [3.05, 3.63) is 54.3 Å². The molecule has 15 heavy (non-hydrogen) atoms. The Bertz CT molecular complexity index is 431. The van der Waals surface area contributed by atoms with E-state index in [2.05, 4.69) is 11.1 Å². The first-order valence-corrected chi connectivity index (χ1v) is 5.56. The number of hydrogen-bond acceptors (Lipinski definition) is 3. The molecule has 0 saturated heterocycles. The Kier molecular flexibility index (Phi) is 3.52. The Morgan fingerprint density at radius 3 is 2.73 bits per heavy atom. The van der Waals surface area contributed by atoms with Gasteiger partial charge in [-0.3, -0.25) is 0 Å². The Balaban J connectivity index is 0.000000124. The normalized spacial score (nSPS) is 13.1. The van der Waals surface area contributed by atoms with Crippen LogP contribution in [0, 0.1) is 0 Å². The third-order valence-electron chi connectivity index (χ3n) is 1.85. The Morgan fingerprint density at radius 1 is 1.20 bits per heavy atom. The van der Waals surface area contributed by atoms with Crippen LogP contribution in [0.3, 0.4) is 0 Å². The van der Waals surface area contributed by atoms with Crippen LogP contribution in [0.25, 0.3) is 10.2 Å². The van der Waals surface area contributed by atoms with Gasteiger partial charge in [-0.25, -0.2) is 4.98 Å². The SMILES string of the molecule is C1=CCOC=C1.c1ccc2scnc2c1. The Hall–Kier alpha value is -1.61. The lowest BCUT2D eigenvalue weighted by Crippen LogP contribution is -1.82. The number of ether oxygens (including phenoxy) is 1. The summed E-state index contributed by atoms with van der Waals surface area (Å²) in [7, 11) is 0. The molecular weight excluding hydrogens is 206 g/mol. The van der Waals surface area contributed by atoms with Gasteiger partial charge in [-0.05, 0) is 24.3 Å². The molecule has 0 amide bonds. The lowest BCUT2D eigenvalue weighted by Gasteiger charge is -1.94. The number of allylic oxidation sites excluding steroid dienone is 2. The molecule has 3 rings (SSSR count). The highest BCUT2D eigenvalue weighted by Gasteiger charge is 1.89. The largest absolute Gasteiger partial charge is 0.497 e. The summed E-state index contributed by atoms with van der Waals surface area (Å²) in [6.45, 7) is 0.733. The van der Waals surface area contributed by atoms with Gasteiger partial charge in [0.25, 0.3) is 0 Å². The molecule has 0 bridgehead atoms. The zero-order valence-corrected chi connectivity index (χ0v) is 8.98. The molecule has 3 heteroatoms. The van der Waals surface area contributed by atoms with Gasteiger partial charge in [0.2, 0.25) is 0 Å². The van der Waals surface area contributed by atoms with E-state index in [0.717, 1.165) is 12.1 Å². The van der Waals surface area contributed by atoms with E-state index >= 15 is 0 Å². The Morgan fingerprint density at radius 2 is 2.13 bits per heavy atom. The molecule has 1 aliphatic rings. The molecule has 0 aliphatic carbocycles. The van der Waals surface area contributed by atoms with Gasteiger partial charge >= 0.3 is 0 Å². The summed E-state index contributed by atoms with van der Waals surface area (Å²) in [6.07, 6.45) is 7.47. The topological polar surface area (TPSA) is 22.1 Å². The number of benzene rings is 1. The third kappa shape index (κ3) is 2.92. The van der Waals surface area contributed by atoms with Crippen LogP contribution in [-0.2, 0) is 4.74 Å². The Labute approximate surface area is 92.5 Å². The predicted molar refractivity (Wildman–Crippen MR) is 63.9 cm³/mol. The second kappa shape index (κ2) is 5.32. The smallest absolute Gasteiger partial charge is 0.106 e. The maximum atomic E-state index is 4.80. The van der Waals surface area contributed by atoms with Gasteiger partial charge < -0.3 is 4.74 Å². The minimum Gasteiger partial charge on any atom is -0.497 e. The van der Waals surface area contributed by atoms with E-state index in [0.29, 0.717) is 0 Å². The van der Waals surface area contributed by atoms with Gasteiger partial charge in [0, 0.05) is 0 Å². The maximum Gasteiger partial charge on any atom is 0.106 e. The first-order chi connectivity index (χ1) is 7.47. The van der Waals surface area contributed by atoms with Crippen molar-refractivity contribution < 1.29 is 4.74 Å². The van der Waals surface area contributed by atoms with Crippen molar-refractivity contribution in [3.63, 3.8) is 0 Å². The van der Waals surface area contributed by atoms with Crippen LogP contribution >= 0.6 is 11.3 Å². The fraction of sp³-hybridized carbons (Fsp3) is 0.0833. The zero-order chi connectivity index (χ0) is 10.3. The average Bonchev–Trinajstić information content (AvgIpc) is 2.80. The lowest BCUT2D eigenvalue weighted by molar-refractivity contribution is 0.286. The molecule has 0 fully saturated rings. The second-order valence-corrected chi connectivity index (χ2v) is 3.80. The fourth-order valence-electron chi connectivity index (χ4n) is 1.15. The quantitative estimate of drug-likeness (QED) is 0.675. The third-order valence-corrected chi connectivity index (χ3v) is 2.66. The summed E-state index contributed by atoms with van der Waals surface area (Å²) in [5.41, 5.74) is 2.97. The number of fused-ring (bicyclic) bond motifs is 1. The van der Waals surface area contributed by atoms with Crippen molar-refractivity contribution in [2.75, 3.05) is 6.61 Å². The molecule has 1 aromatic carbocycles. The highest BCUT2D eigenvalue weighted by molar-refractivity contribution is 7.16. The van der Waals surface area contributed by atoms with Gasteiger partial charge in [0.1, 0.15) is 6.61 Å². The van der Waals surface area contributed by atoms with Crippen LogP contribution in [0.15, 0.2) is 54.3 Å². The predicted octanol–water partition coefficient (Wildman–Crippen LogP) is 3.38. The molecule has 2 aromatic rings. The van der Waals surface area contributed by atoms with Crippen molar-refractivity contribution in [1.29, 1.82) is 0 Å². The summed E-state index contributed by atoms with van der Waals surface area (Å²) < 4.78 is 6.06. The molecule has 0 unspecified atom stereocenters. The molecule has 1 aliphatic heterocycles. The fourth-order valence-corrected chi connectivity index (χ4v) is 1.83. The van der Waals surface area contributed by atoms with Gasteiger partial charge in [-0.2, -0.15) is 0 Å². The number of nitrogens with zero attached hydrogens (tertiary/aromatic N) is 1. The van der Waals surface area contributed by atoms with Crippen molar-refractivity contribution in [3.8, 4) is 0 Å². The van der Waals surface area contributed by atoms with Crippen molar-refractivity contribution >= 4 is 21.6 Å². The highest BCUT2D eigenvalue weighted by atomic mass is 32.1. The molecule has 76 valence electrons. The minimum absolute atomic E-state index is 0.733. The van der Waals surface area contributed by atoms with E-state index in [4.69, 9.17) is 4.74 Å². The average molecular weight is 217 g/mol. The number of hydrogen-bond donors (Lipinski definition) is 0. The second-order valence-electron chi connectivity index (χ2n) is 2.91. The van der Waals surface area contributed by atoms with Crippen molar-refractivity contribution in [2.24, 2.45) is 0 Å². The molecule has 0 spiro atoms. The van der Waals surface area contributed by atoms with Gasteiger partial charge in [-0.1, -0.05) is 18.2 Å². The van der Waals surface area contributed by atoms with E-state index in [1.165, 1.54) is 4.70 Å². The zero-order valence-electron chi connectivity index (χ0n) is 8.17. The van der Waals surface area contributed by atoms with E-state index in [1.54, 1.807) is 17.6 Å². The van der Waals surface area contributed by atoms with Crippen LogP contribution in [0.5, 0.6) is 0 Å². The molecule has 1 aromatic heterocycles. The minimum atomic E-state index is 0.733. The summed E-state index contributed by atoms with van der Waals surface area (Å²) in [5, 5.41) is 0. The number of rotatable bonds is 0. The summed E-state index contributed by atoms with van der Waals surface area (Å²) in [4.78, 5) is 4.14. The molecule has 0 saturated carbocycles. The van der Waals surface area contributed by atoms with E-state index in [9.17, 15) is 0 Å². The summed E-state index contributed by atoms with van der Waals surface area (Å²) in [5.74, 6) is 0. The first kappa shape index (κ1) is 9.93. The van der Waals surface area contributed by atoms with Crippen LogP contribution in [0.4, 0.5) is 0 Å². The molecule has 0 N–H and O–H groups in total.